The molecule has 4 aromatic rings. The Morgan fingerprint density at radius 3 is 2.29 bits per heavy atom. The lowest BCUT2D eigenvalue weighted by atomic mass is 10.0. The van der Waals surface area contributed by atoms with Crippen LogP contribution in [0.2, 0.25) is 0 Å². The first-order chi connectivity index (χ1) is 16.7. The van der Waals surface area contributed by atoms with Crippen molar-refractivity contribution >= 4 is 17.0 Å². The highest BCUT2D eigenvalue weighted by Gasteiger charge is 2.31. The zero-order chi connectivity index (χ0) is 23.1. The predicted octanol–water partition coefficient (Wildman–Crippen LogP) is 2.57. The van der Waals surface area contributed by atoms with Crippen LogP contribution in [0.25, 0.3) is 16.9 Å². The van der Waals surface area contributed by atoms with Crippen LogP contribution in [0.3, 0.4) is 0 Å². The average Bonchev–Trinajstić information content (AvgIpc) is 3.13. The smallest absolute Gasteiger partial charge is 0.335 e. The molecule has 0 amide bonds. The van der Waals surface area contributed by atoms with Crippen LogP contribution in [-0.2, 0) is 0 Å². The quantitative estimate of drug-likeness (QED) is 0.475. The molecule has 0 bridgehead atoms. The molecular formula is C25H27N7O2. The summed E-state index contributed by atoms with van der Waals surface area (Å²) in [6.07, 6.45) is 3.25. The van der Waals surface area contributed by atoms with Gasteiger partial charge in [-0.1, -0.05) is 18.2 Å². The fourth-order valence-electron chi connectivity index (χ4n) is 4.96. The lowest BCUT2D eigenvalue weighted by Crippen LogP contribution is -2.58. The molecule has 0 saturated carbocycles. The fourth-order valence-corrected chi connectivity index (χ4v) is 4.96. The second kappa shape index (κ2) is 8.58. The third-order valence-electron chi connectivity index (χ3n) is 6.89. The summed E-state index contributed by atoms with van der Waals surface area (Å²) in [5.74, 6) is 1.74. The number of nitrogens with zero attached hydrogens (tertiary/aromatic N) is 5. The van der Waals surface area contributed by atoms with Crippen molar-refractivity contribution in [2.75, 3.05) is 31.9 Å². The van der Waals surface area contributed by atoms with E-state index in [1.54, 1.807) is 4.57 Å². The molecular weight excluding hydrogens is 430 g/mol. The van der Waals surface area contributed by atoms with Crippen molar-refractivity contribution in [1.82, 2.24) is 29.3 Å². The standard InChI is InChI=1S/C25H27N7O2/c26-23-22-24(29-16-28-23)32(18-10-12-30(13-11-18)19-14-27-15-19)25(33)31(22)17-6-8-21(9-7-17)34-20-4-2-1-3-5-20/h1-9,16,18-19,27H,10-15H2,(H2,26,28,29). The van der Waals surface area contributed by atoms with E-state index < -0.39 is 0 Å². The molecule has 0 radical (unpaired) electrons. The molecule has 174 valence electrons. The number of piperidine rings is 1. The summed E-state index contributed by atoms with van der Waals surface area (Å²) in [5.41, 5.74) is 7.97. The summed E-state index contributed by atoms with van der Waals surface area (Å²) in [6, 6.07) is 17.7. The number of para-hydroxylation sites is 1. The minimum Gasteiger partial charge on any atom is -0.457 e. The maximum atomic E-state index is 13.7. The van der Waals surface area contributed by atoms with Gasteiger partial charge in [-0.05, 0) is 49.2 Å². The summed E-state index contributed by atoms with van der Waals surface area (Å²) >= 11 is 0. The molecule has 2 aromatic heterocycles. The number of nitrogens with two attached hydrogens (primary N) is 1. The normalized spacial score (nSPS) is 17.6. The number of likely N-dealkylation sites (tertiary alicyclic amines) is 1. The van der Waals surface area contributed by atoms with Crippen molar-refractivity contribution in [2.45, 2.75) is 24.9 Å². The van der Waals surface area contributed by atoms with Crippen molar-refractivity contribution in [3.05, 3.63) is 71.4 Å². The molecule has 2 fully saturated rings. The number of aromatic nitrogens is 4. The number of ether oxygens (including phenoxy) is 1. The number of imidazole rings is 1. The number of benzene rings is 2. The fraction of sp³-hybridized carbons (Fsp3) is 0.320. The van der Waals surface area contributed by atoms with E-state index in [4.69, 9.17) is 10.5 Å². The Morgan fingerprint density at radius 1 is 0.912 bits per heavy atom. The maximum absolute atomic E-state index is 13.7. The van der Waals surface area contributed by atoms with Crippen LogP contribution < -0.4 is 21.5 Å². The van der Waals surface area contributed by atoms with Crippen molar-refractivity contribution < 1.29 is 4.74 Å². The number of nitrogen functional groups attached to an aromatic ring is 1. The first kappa shape index (κ1) is 20.9. The highest BCUT2D eigenvalue weighted by Crippen LogP contribution is 2.29. The van der Waals surface area contributed by atoms with Crippen LogP contribution in [0.15, 0.2) is 65.7 Å². The Morgan fingerprint density at radius 2 is 1.62 bits per heavy atom. The van der Waals surface area contributed by atoms with Gasteiger partial charge in [0.2, 0.25) is 0 Å². The lowest BCUT2D eigenvalue weighted by molar-refractivity contribution is 0.101. The molecule has 3 N–H and O–H groups in total. The Hall–Kier alpha value is -3.69. The molecule has 6 rings (SSSR count). The monoisotopic (exact) mass is 457 g/mol. The van der Waals surface area contributed by atoms with E-state index in [-0.39, 0.29) is 11.7 Å². The number of hydrogen-bond donors (Lipinski definition) is 2. The number of fused-ring (bicyclic) bond motifs is 1. The number of hydrogen-bond acceptors (Lipinski definition) is 7. The molecule has 2 aliphatic heterocycles. The van der Waals surface area contributed by atoms with E-state index in [1.165, 1.54) is 6.33 Å². The Labute approximate surface area is 196 Å². The van der Waals surface area contributed by atoms with Crippen molar-refractivity contribution in [3.63, 3.8) is 0 Å². The number of rotatable bonds is 5. The summed E-state index contributed by atoms with van der Waals surface area (Å²) < 4.78 is 9.35. The van der Waals surface area contributed by atoms with Gasteiger partial charge in [0.25, 0.3) is 0 Å². The van der Waals surface area contributed by atoms with Crippen molar-refractivity contribution in [3.8, 4) is 17.2 Å². The van der Waals surface area contributed by atoms with Gasteiger partial charge in [-0.15, -0.1) is 0 Å². The van der Waals surface area contributed by atoms with Crippen LogP contribution >= 0.6 is 0 Å². The Balaban J connectivity index is 1.34. The van der Waals surface area contributed by atoms with Crippen molar-refractivity contribution in [2.24, 2.45) is 0 Å². The predicted molar refractivity (Wildman–Crippen MR) is 131 cm³/mol. The van der Waals surface area contributed by atoms with E-state index in [0.717, 1.165) is 44.8 Å². The van der Waals surface area contributed by atoms with Gasteiger partial charge in [-0.25, -0.2) is 14.8 Å². The van der Waals surface area contributed by atoms with Gasteiger partial charge in [0.1, 0.15) is 23.3 Å². The number of anilines is 1. The maximum Gasteiger partial charge on any atom is 0.335 e. The minimum atomic E-state index is -0.136. The molecule has 0 unspecified atom stereocenters. The third kappa shape index (κ3) is 3.63. The van der Waals surface area contributed by atoms with Crippen LogP contribution in [-0.4, -0.2) is 56.2 Å². The highest BCUT2D eigenvalue weighted by molar-refractivity contribution is 5.84. The summed E-state index contributed by atoms with van der Waals surface area (Å²) in [5, 5.41) is 3.34. The third-order valence-corrected chi connectivity index (χ3v) is 6.89. The largest absolute Gasteiger partial charge is 0.457 e. The van der Waals surface area contributed by atoms with Gasteiger partial charge in [0, 0.05) is 38.3 Å². The highest BCUT2D eigenvalue weighted by atomic mass is 16.5. The van der Waals surface area contributed by atoms with Crippen LogP contribution in [0.4, 0.5) is 5.82 Å². The van der Waals surface area contributed by atoms with Gasteiger partial charge < -0.3 is 15.8 Å². The van der Waals surface area contributed by atoms with E-state index in [0.29, 0.717) is 34.5 Å². The van der Waals surface area contributed by atoms with Gasteiger partial charge in [0.15, 0.2) is 11.5 Å². The van der Waals surface area contributed by atoms with Gasteiger partial charge in [-0.2, -0.15) is 0 Å². The van der Waals surface area contributed by atoms with Gasteiger partial charge in [0.05, 0.1) is 5.69 Å². The van der Waals surface area contributed by atoms with Crippen LogP contribution in [0.1, 0.15) is 18.9 Å². The second-order valence-electron chi connectivity index (χ2n) is 8.91. The molecule has 2 aromatic carbocycles. The Kier molecular flexibility index (Phi) is 5.27. The summed E-state index contributed by atoms with van der Waals surface area (Å²) in [4.78, 5) is 24.9. The molecule has 34 heavy (non-hydrogen) atoms. The molecule has 0 atom stereocenters. The zero-order valence-electron chi connectivity index (χ0n) is 18.8. The van der Waals surface area contributed by atoms with E-state index >= 15 is 0 Å². The lowest BCUT2D eigenvalue weighted by Gasteiger charge is -2.42. The van der Waals surface area contributed by atoms with Crippen LogP contribution in [0, 0.1) is 0 Å². The van der Waals surface area contributed by atoms with Gasteiger partial charge in [-0.3, -0.25) is 14.0 Å². The topological polar surface area (TPSA) is 103 Å². The summed E-state index contributed by atoms with van der Waals surface area (Å²) in [7, 11) is 0. The molecule has 0 spiro atoms. The molecule has 9 heteroatoms. The van der Waals surface area contributed by atoms with Gasteiger partial charge >= 0.3 is 5.69 Å². The van der Waals surface area contributed by atoms with Crippen LogP contribution in [0.5, 0.6) is 11.5 Å². The first-order valence-corrected chi connectivity index (χ1v) is 11.7. The Bertz CT molecular complexity index is 1350. The minimum absolute atomic E-state index is 0.0792. The molecule has 2 saturated heterocycles. The second-order valence-corrected chi connectivity index (χ2v) is 8.91. The zero-order valence-corrected chi connectivity index (χ0v) is 18.8. The number of nitrogens with one attached hydrogen (secondary N) is 1. The van der Waals surface area contributed by atoms with E-state index in [1.807, 2.05) is 59.2 Å². The first-order valence-electron chi connectivity index (χ1n) is 11.7. The summed E-state index contributed by atoms with van der Waals surface area (Å²) in [6.45, 7) is 4.06. The van der Waals surface area contributed by atoms with Crippen molar-refractivity contribution in [1.29, 1.82) is 0 Å². The van der Waals surface area contributed by atoms with E-state index in [9.17, 15) is 4.79 Å². The van der Waals surface area contributed by atoms with E-state index in [2.05, 4.69) is 20.2 Å². The molecule has 2 aliphatic rings. The molecule has 0 aliphatic carbocycles. The molecule has 9 nitrogen and oxygen atoms in total. The average molecular weight is 458 g/mol. The molecule has 4 heterocycles. The SMILES string of the molecule is Nc1ncnc2c1n(-c1ccc(Oc3ccccc3)cc1)c(=O)n2C1CCN(C2CNC2)CC1.